The van der Waals surface area contributed by atoms with Gasteiger partial charge in [-0.15, -0.1) is 0 Å². The minimum Gasteiger partial charge on any atom is -0.726 e. The van der Waals surface area contributed by atoms with Crippen molar-refractivity contribution in [2.75, 3.05) is 19.8 Å². The molecule has 0 spiro atoms. The summed E-state index contributed by atoms with van der Waals surface area (Å²) in [5, 5.41) is 0. The molecular formula is C6H15HoO12S3. The third-order valence-corrected chi connectivity index (χ3v) is 2.36. The van der Waals surface area contributed by atoms with Gasteiger partial charge < -0.3 is 13.7 Å². The molecule has 0 aliphatic rings. The van der Waals surface area contributed by atoms with Crippen molar-refractivity contribution in [2.24, 2.45) is 0 Å². The Hall–Kier alpha value is 0.870. The van der Waals surface area contributed by atoms with Gasteiger partial charge in [-0.05, 0) is 20.8 Å². The summed E-state index contributed by atoms with van der Waals surface area (Å²) < 4.78 is 96.0. The predicted octanol–water partition coefficient (Wildman–Crippen LogP) is -1.55. The molecule has 0 saturated carbocycles. The molecule has 0 rings (SSSR count). The molecule has 0 N–H and O–H groups in total. The summed E-state index contributed by atoms with van der Waals surface area (Å²) in [6.07, 6.45) is 0. The van der Waals surface area contributed by atoms with Gasteiger partial charge in [0.25, 0.3) is 0 Å². The van der Waals surface area contributed by atoms with Gasteiger partial charge in [-0.1, -0.05) is 0 Å². The molecular weight excluding hydrogens is 525 g/mol. The first kappa shape index (κ1) is 30.7. The Balaban J connectivity index is -0.000000108. The Morgan fingerprint density at radius 3 is 0.727 bits per heavy atom. The van der Waals surface area contributed by atoms with E-state index in [2.05, 4.69) is 12.5 Å². The topological polar surface area (TPSA) is 199 Å². The molecule has 16 heteroatoms. The van der Waals surface area contributed by atoms with Crippen molar-refractivity contribution in [2.45, 2.75) is 20.8 Å². The van der Waals surface area contributed by atoms with Crippen molar-refractivity contribution >= 4 is 31.2 Å². The van der Waals surface area contributed by atoms with Gasteiger partial charge in [0.1, 0.15) is 0 Å². The fourth-order valence-electron chi connectivity index (χ4n) is 0.433. The maximum absolute atomic E-state index is 9.45. The molecule has 0 heterocycles. The minimum atomic E-state index is -4.42. The van der Waals surface area contributed by atoms with Crippen molar-refractivity contribution in [3.05, 3.63) is 0 Å². The number of rotatable bonds is 6. The maximum atomic E-state index is 9.45. The summed E-state index contributed by atoms with van der Waals surface area (Å²) in [6, 6.07) is 0. The summed E-state index contributed by atoms with van der Waals surface area (Å²) in [7, 11) is -13.3. The van der Waals surface area contributed by atoms with E-state index in [1.54, 1.807) is 0 Å². The van der Waals surface area contributed by atoms with Crippen LogP contribution >= 0.6 is 0 Å². The van der Waals surface area contributed by atoms with Crippen molar-refractivity contribution < 1.29 is 89.2 Å². The Morgan fingerprint density at radius 1 is 0.591 bits per heavy atom. The number of hydrogen-bond acceptors (Lipinski definition) is 12. The third kappa shape index (κ3) is 49.7. The van der Waals surface area contributed by atoms with Gasteiger partial charge in [0.15, 0.2) is 0 Å². The van der Waals surface area contributed by atoms with Crippen molar-refractivity contribution in [3.63, 3.8) is 0 Å². The minimum absolute atomic E-state index is 0. The van der Waals surface area contributed by atoms with Crippen molar-refractivity contribution in [1.82, 2.24) is 0 Å². The van der Waals surface area contributed by atoms with E-state index in [9.17, 15) is 38.9 Å². The van der Waals surface area contributed by atoms with E-state index in [-0.39, 0.29) is 57.6 Å². The van der Waals surface area contributed by atoms with Crippen LogP contribution in [0.5, 0.6) is 0 Å². The standard InChI is InChI=1S/3C2H6O4S.Ho/c3*1-2-6-7(3,4)5;/h3*2H2,1H3,(H,3,4,5);/q;;;+3/p-3. The van der Waals surface area contributed by atoms with Gasteiger partial charge >= 0.3 is 37.7 Å². The smallest absolute Gasteiger partial charge is 0.726 e. The fraction of sp³-hybridized carbons (Fsp3) is 1.00. The second-order valence-corrected chi connectivity index (χ2v) is 5.60. The SMILES string of the molecule is CCOS(=O)(=O)[O-].CCOS(=O)(=O)[O-].CCOS(=O)(=O)[O-].[Ho+3]. The van der Waals surface area contributed by atoms with E-state index in [0.717, 1.165) is 0 Å². The van der Waals surface area contributed by atoms with Crippen LogP contribution in [0.15, 0.2) is 0 Å². The molecule has 0 aliphatic heterocycles. The van der Waals surface area contributed by atoms with Crippen LogP contribution in [0.2, 0.25) is 0 Å². The Morgan fingerprint density at radius 2 is 0.727 bits per heavy atom. The van der Waals surface area contributed by atoms with Crippen LogP contribution in [0.4, 0.5) is 0 Å². The predicted molar refractivity (Wildman–Crippen MR) is 64.0 cm³/mol. The first-order chi connectivity index (χ1) is 9.18. The van der Waals surface area contributed by atoms with Crippen LogP contribution in [0.1, 0.15) is 20.8 Å². The van der Waals surface area contributed by atoms with Gasteiger partial charge in [0.2, 0.25) is 31.2 Å². The normalized spacial score (nSPS) is 11.2. The molecule has 0 bridgehead atoms. The summed E-state index contributed by atoms with van der Waals surface area (Å²) in [4.78, 5) is 0. The zero-order chi connectivity index (χ0) is 17.7. The van der Waals surface area contributed by atoms with E-state index in [1.807, 2.05) is 0 Å². The second-order valence-electron chi connectivity index (χ2n) is 2.44. The molecule has 0 aromatic carbocycles. The first-order valence-corrected chi connectivity index (χ1v) is 8.99. The molecule has 12 nitrogen and oxygen atoms in total. The van der Waals surface area contributed by atoms with E-state index >= 15 is 0 Å². The average Bonchev–Trinajstić information content (AvgIpc) is 2.12. The average molecular weight is 540 g/mol. The molecule has 0 aromatic heterocycles. The third-order valence-electron chi connectivity index (χ3n) is 0.787. The quantitative estimate of drug-likeness (QED) is 0.214. The molecule has 0 aliphatic carbocycles. The van der Waals surface area contributed by atoms with Crippen LogP contribution in [-0.2, 0) is 43.7 Å². The molecule has 0 unspecified atom stereocenters. The molecule has 0 atom stereocenters. The van der Waals surface area contributed by atoms with Gasteiger partial charge in [0.05, 0.1) is 19.8 Å². The van der Waals surface area contributed by atoms with Gasteiger partial charge in [-0.2, -0.15) is 0 Å². The molecule has 140 valence electrons. The Bertz CT molecular complexity index is 455. The second kappa shape index (κ2) is 15.4. The van der Waals surface area contributed by atoms with Crippen LogP contribution < -0.4 is 0 Å². The van der Waals surface area contributed by atoms with Gasteiger partial charge in [0, 0.05) is 0 Å². The van der Waals surface area contributed by atoms with E-state index in [1.165, 1.54) is 20.8 Å². The van der Waals surface area contributed by atoms with E-state index in [4.69, 9.17) is 0 Å². The molecule has 0 amide bonds. The van der Waals surface area contributed by atoms with Crippen molar-refractivity contribution in [3.8, 4) is 0 Å². The largest absolute Gasteiger partial charge is 3.00 e. The molecule has 0 saturated heterocycles. The van der Waals surface area contributed by atoms with Gasteiger partial charge in [-0.3, -0.25) is 12.5 Å². The maximum Gasteiger partial charge on any atom is 3.00 e. The summed E-state index contributed by atoms with van der Waals surface area (Å²) in [5.41, 5.74) is 0. The van der Waals surface area contributed by atoms with Crippen LogP contribution in [0, 0.1) is 37.7 Å². The molecule has 22 heavy (non-hydrogen) atoms. The van der Waals surface area contributed by atoms with Crippen LogP contribution in [-0.4, -0.2) is 58.7 Å². The Kier molecular flexibility index (Phi) is 21.5. The zero-order valence-electron chi connectivity index (χ0n) is 11.5. The van der Waals surface area contributed by atoms with Crippen LogP contribution in [0.25, 0.3) is 0 Å². The fourth-order valence-corrected chi connectivity index (χ4v) is 1.30. The summed E-state index contributed by atoms with van der Waals surface area (Å²) >= 11 is 0. The monoisotopic (exact) mass is 540 g/mol. The van der Waals surface area contributed by atoms with Gasteiger partial charge in [-0.25, -0.2) is 25.3 Å². The first-order valence-electron chi connectivity index (χ1n) is 4.99. The van der Waals surface area contributed by atoms with Crippen molar-refractivity contribution in [1.29, 1.82) is 0 Å². The van der Waals surface area contributed by atoms with Crippen LogP contribution in [0.3, 0.4) is 0 Å². The molecule has 0 fully saturated rings. The molecule has 0 aromatic rings. The Labute approximate surface area is 160 Å². The van der Waals surface area contributed by atoms with E-state index < -0.39 is 31.2 Å². The molecule has 0 radical (unpaired) electrons. The summed E-state index contributed by atoms with van der Waals surface area (Å²) in [5.74, 6) is 0. The van der Waals surface area contributed by atoms with E-state index in [0.29, 0.717) is 0 Å². The number of hydrogen-bond donors (Lipinski definition) is 0. The zero-order valence-corrected chi connectivity index (χ0v) is 15.9. The summed E-state index contributed by atoms with van der Waals surface area (Å²) in [6.45, 7) is 4.00.